The van der Waals surface area contributed by atoms with Gasteiger partial charge in [-0.05, 0) is 57.8 Å². The van der Waals surface area contributed by atoms with E-state index in [1.807, 2.05) is 13.8 Å². The molecule has 2 saturated heterocycles. The van der Waals surface area contributed by atoms with Crippen molar-refractivity contribution in [2.45, 2.75) is 95.9 Å². The van der Waals surface area contributed by atoms with Gasteiger partial charge in [-0.1, -0.05) is 13.8 Å². The van der Waals surface area contributed by atoms with E-state index in [0.29, 0.717) is 51.6 Å². The molecule has 4 amide bonds. The number of hydrogen-bond acceptors (Lipinski definition) is 7. The van der Waals surface area contributed by atoms with E-state index in [2.05, 4.69) is 15.6 Å². The maximum Gasteiger partial charge on any atom is 0.326 e. The third-order valence-corrected chi connectivity index (χ3v) is 7.01. The minimum absolute atomic E-state index is 0.103. The van der Waals surface area contributed by atoms with Crippen molar-refractivity contribution in [2.75, 3.05) is 19.6 Å². The summed E-state index contributed by atoms with van der Waals surface area (Å²) in [6.07, 6.45) is 3.03. The Morgan fingerprint density at radius 1 is 0.923 bits per heavy atom. The first kappa shape index (κ1) is 31.8. The molecule has 0 spiro atoms. The highest BCUT2D eigenvalue weighted by Gasteiger charge is 2.40. The number of hydrogen-bond donors (Lipinski definition) is 6. The van der Waals surface area contributed by atoms with Crippen molar-refractivity contribution in [1.82, 2.24) is 20.4 Å². The third-order valence-electron chi connectivity index (χ3n) is 7.01. The maximum absolute atomic E-state index is 13.2. The van der Waals surface area contributed by atoms with Crippen LogP contribution in [0.25, 0.3) is 0 Å². The van der Waals surface area contributed by atoms with Crippen molar-refractivity contribution in [3.63, 3.8) is 0 Å². The summed E-state index contributed by atoms with van der Waals surface area (Å²) in [4.78, 5) is 70.4. The quantitative estimate of drug-likeness (QED) is 0.0883. The second-order valence-corrected chi connectivity index (χ2v) is 10.7. The highest BCUT2D eigenvalue weighted by molar-refractivity contribution is 5.95. The van der Waals surface area contributed by atoms with Crippen LogP contribution in [0.1, 0.15) is 65.7 Å². The summed E-state index contributed by atoms with van der Waals surface area (Å²) in [5.41, 5.74) is 16.6. The molecule has 9 N–H and O–H groups in total. The molecule has 0 unspecified atom stereocenters. The molecule has 2 rings (SSSR count). The lowest BCUT2D eigenvalue weighted by Gasteiger charge is -2.30. The number of carbonyl (C=O) groups is 5. The number of rotatable bonds is 13. The molecule has 14 heteroatoms. The molecular weight excluding hydrogens is 508 g/mol. The first-order chi connectivity index (χ1) is 18.3. The van der Waals surface area contributed by atoms with Crippen molar-refractivity contribution < 1.29 is 29.1 Å². The molecule has 0 aromatic rings. The maximum atomic E-state index is 13.2. The van der Waals surface area contributed by atoms with Crippen molar-refractivity contribution in [1.29, 1.82) is 0 Å². The molecule has 2 fully saturated rings. The number of nitrogens with one attached hydrogen (secondary N) is 2. The Morgan fingerprint density at radius 3 is 1.97 bits per heavy atom. The number of aliphatic carboxylic acids is 1. The Hall–Kier alpha value is -3.42. The monoisotopic (exact) mass is 552 g/mol. The van der Waals surface area contributed by atoms with Gasteiger partial charge in [0.2, 0.25) is 23.6 Å². The molecule has 5 atom stereocenters. The Labute approximate surface area is 229 Å². The number of aliphatic imine (C=N–C) groups is 1. The van der Waals surface area contributed by atoms with Crippen LogP contribution in [0.2, 0.25) is 0 Å². The van der Waals surface area contributed by atoms with Crippen LogP contribution in [0.4, 0.5) is 0 Å². The molecule has 0 saturated carbocycles. The zero-order valence-corrected chi connectivity index (χ0v) is 23.1. The molecule has 0 aromatic carbocycles. The van der Waals surface area contributed by atoms with E-state index in [1.54, 1.807) is 0 Å². The van der Waals surface area contributed by atoms with Gasteiger partial charge in [0.15, 0.2) is 5.96 Å². The number of carbonyl (C=O) groups excluding carboxylic acids is 4. The lowest BCUT2D eigenvalue weighted by molar-refractivity contribution is -0.145. The summed E-state index contributed by atoms with van der Waals surface area (Å²) in [5, 5.41) is 14.7. The Bertz CT molecular complexity index is 938. The number of nitrogens with zero attached hydrogens (tertiary/aromatic N) is 3. The predicted octanol–water partition coefficient (Wildman–Crippen LogP) is -1.53. The fraction of sp³-hybridized carbons (Fsp3) is 0.760. The van der Waals surface area contributed by atoms with Crippen molar-refractivity contribution in [2.24, 2.45) is 28.1 Å². The van der Waals surface area contributed by atoms with Crippen LogP contribution in [0.15, 0.2) is 4.99 Å². The predicted molar refractivity (Wildman–Crippen MR) is 144 cm³/mol. The molecule has 2 heterocycles. The fourth-order valence-corrected chi connectivity index (χ4v) is 5.08. The fourth-order valence-electron chi connectivity index (χ4n) is 5.08. The van der Waals surface area contributed by atoms with Crippen LogP contribution in [0.3, 0.4) is 0 Å². The lowest BCUT2D eigenvalue weighted by Crippen LogP contribution is -2.57. The van der Waals surface area contributed by atoms with Crippen LogP contribution >= 0.6 is 0 Å². The van der Waals surface area contributed by atoms with Crippen LogP contribution in [0, 0.1) is 5.92 Å². The standard InChI is InChI=1S/C25H44N8O6/c1-14(2)13-16(26)23(37)33-12-6-8-18(33)20(34)30-15(3)22(36)32-11-5-9-19(32)21(35)31-17(24(38)39)7-4-10-29-25(27)28/h14-19H,4-13,26H2,1-3H3,(H,30,34)(H,31,35)(H,38,39)(H4,27,28,29)/t15-,16-,17-,18-,19-/m0/s1. The van der Waals surface area contributed by atoms with Gasteiger partial charge in [-0.25, -0.2) is 4.79 Å². The van der Waals surface area contributed by atoms with Gasteiger partial charge in [-0.15, -0.1) is 0 Å². The number of likely N-dealkylation sites (tertiary alicyclic amines) is 2. The average molecular weight is 553 g/mol. The van der Waals surface area contributed by atoms with E-state index in [0.717, 1.165) is 0 Å². The lowest BCUT2D eigenvalue weighted by atomic mass is 10.0. The normalized spacial score (nSPS) is 21.3. The SMILES string of the molecule is CC(C)C[C@H](N)C(=O)N1CCC[C@H]1C(=O)N[C@@H](C)C(=O)N1CCC[C@H]1C(=O)N[C@@H](CCCN=C(N)N)C(=O)O. The van der Waals surface area contributed by atoms with Crippen LogP contribution in [0.5, 0.6) is 0 Å². The smallest absolute Gasteiger partial charge is 0.326 e. The van der Waals surface area contributed by atoms with Gasteiger partial charge < -0.3 is 42.7 Å². The molecule has 2 aliphatic rings. The van der Waals surface area contributed by atoms with Gasteiger partial charge in [0.25, 0.3) is 0 Å². The Balaban J connectivity index is 1.97. The average Bonchev–Trinajstić information content (AvgIpc) is 3.54. The first-order valence-electron chi connectivity index (χ1n) is 13.6. The topological polar surface area (TPSA) is 227 Å². The van der Waals surface area contributed by atoms with E-state index in [-0.39, 0.29) is 30.8 Å². The summed E-state index contributed by atoms with van der Waals surface area (Å²) in [7, 11) is 0. The van der Waals surface area contributed by atoms with Gasteiger partial charge in [0.05, 0.1) is 6.04 Å². The molecular formula is C25H44N8O6. The van der Waals surface area contributed by atoms with Gasteiger partial charge in [-0.2, -0.15) is 0 Å². The second-order valence-electron chi connectivity index (χ2n) is 10.7. The number of nitrogens with two attached hydrogens (primary N) is 3. The molecule has 14 nitrogen and oxygen atoms in total. The van der Waals surface area contributed by atoms with E-state index < -0.39 is 53.9 Å². The number of amides is 4. The second kappa shape index (κ2) is 14.7. The van der Waals surface area contributed by atoms with Crippen molar-refractivity contribution in [3.8, 4) is 0 Å². The molecule has 39 heavy (non-hydrogen) atoms. The molecule has 0 bridgehead atoms. The number of guanidine groups is 1. The summed E-state index contributed by atoms with van der Waals surface area (Å²) in [6.45, 7) is 6.42. The number of carboxylic acid groups (broad SMARTS) is 1. The molecule has 2 aliphatic heterocycles. The number of carboxylic acids is 1. The summed E-state index contributed by atoms with van der Waals surface area (Å²) >= 11 is 0. The van der Waals surface area contributed by atoms with E-state index >= 15 is 0 Å². The van der Waals surface area contributed by atoms with E-state index in [1.165, 1.54) is 16.7 Å². The van der Waals surface area contributed by atoms with Crippen LogP contribution < -0.4 is 27.8 Å². The highest BCUT2D eigenvalue weighted by atomic mass is 16.4. The molecule has 0 aromatic heterocycles. The minimum Gasteiger partial charge on any atom is -0.480 e. The largest absolute Gasteiger partial charge is 0.480 e. The highest BCUT2D eigenvalue weighted by Crippen LogP contribution is 2.22. The zero-order valence-electron chi connectivity index (χ0n) is 23.1. The van der Waals surface area contributed by atoms with Crippen LogP contribution in [-0.4, -0.2) is 100 Å². The van der Waals surface area contributed by atoms with Crippen molar-refractivity contribution >= 4 is 35.6 Å². The van der Waals surface area contributed by atoms with Gasteiger partial charge in [0, 0.05) is 19.6 Å². The van der Waals surface area contributed by atoms with E-state index in [9.17, 15) is 29.1 Å². The minimum atomic E-state index is -1.20. The van der Waals surface area contributed by atoms with Crippen molar-refractivity contribution in [3.05, 3.63) is 0 Å². The van der Waals surface area contributed by atoms with E-state index in [4.69, 9.17) is 17.2 Å². The summed E-state index contributed by atoms with van der Waals surface area (Å²) < 4.78 is 0. The first-order valence-corrected chi connectivity index (χ1v) is 13.6. The van der Waals surface area contributed by atoms with Gasteiger partial charge in [-0.3, -0.25) is 24.2 Å². The third kappa shape index (κ3) is 9.08. The molecule has 0 aliphatic carbocycles. The van der Waals surface area contributed by atoms with Crippen LogP contribution in [-0.2, 0) is 24.0 Å². The van der Waals surface area contributed by atoms with Gasteiger partial charge in [0.1, 0.15) is 24.2 Å². The zero-order chi connectivity index (χ0) is 29.3. The Morgan fingerprint density at radius 2 is 1.46 bits per heavy atom. The molecule has 0 radical (unpaired) electrons. The molecule has 220 valence electrons. The Kier molecular flexibility index (Phi) is 11.9. The van der Waals surface area contributed by atoms with Gasteiger partial charge >= 0.3 is 5.97 Å². The summed E-state index contributed by atoms with van der Waals surface area (Å²) in [5.74, 6) is -2.80. The summed E-state index contributed by atoms with van der Waals surface area (Å²) in [6, 6.07) is -4.35.